The fraction of sp³-hybridized carbons (Fsp3) is 0.364. The molecule has 0 atom stereocenters. The molecule has 1 amide bonds. The molecule has 1 fully saturated rings. The van der Waals surface area contributed by atoms with Crippen LogP contribution in [0.4, 0.5) is 13.9 Å². The van der Waals surface area contributed by atoms with Crippen molar-refractivity contribution in [1.82, 2.24) is 9.88 Å². The van der Waals surface area contributed by atoms with Crippen LogP contribution in [0.5, 0.6) is 5.75 Å². The minimum atomic E-state index is -0.761. The molecule has 32 heavy (non-hydrogen) atoms. The van der Waals surface area contributed by atoms with E-state index in [1.54, 1.807) is 12.1 Å². The molecule has 0 spiro atoms. The topological polar surface area (TPSA) is 54.9 Å². The van der Waals surface area contributed by atoms with Gasteiger partial charge in [-0.2, -0.15) is 0 Å². The predicted octanol–water partition coefficient (Wildman–Crippen LogP) is 4.61. The highest BCUT2D eigenvalue weighted by atomic mass is 35.5. The maximum absolute atomic E-state index is 14.3. The van der Waals surface area contributed by atoms with Crippen LogP contribution in [-0.2, 0) is 4.74 Å². The highest BCUT2D eigenvalue weighted by Crippen LogP contribution is 2.33. The molecule has 2 heterocycles. The van der Waals surface area contributed by atoms with Crippen LogP contribution in [0, 0.1) is 11.6 Å². The second kappa shape index (κ2) is 10.1. The molecule has 0 bridgehead atoms. The van der Waals surface area contributed by atoms with Crippen molar-refractivity contribution in [3.05, 3.63) is 52.6 Å². The van der Waals surface area contributed by atoms with E-state index in [0.29, 0.717) is 46.8 Å². The first-order chi connectivity index (χ1) is 15.5. The van der Waals surface area contributed by atoms with Crippen molar-refractivity contribution in [1.29, 1.82) is 0 Å². The third-order valence-corrected chi connectivity index (χ3v) is 6.49. The molecule has 0 unspecified atom stereocenters. The lowest BCUT2D eigenvalue weighted by Crippen LogP contribution is -2.39. The number of thiazole rings is 1. The number of rotatable bonds is 7. The van der Waals surface area contributed by atoms with Crippen molar-refractivity contribution >= 4 is 44.2 Å². The highest BCUT2D eigenvalue weighted by Gasteiger charge is 2.25. The lowest BCUT2D eigenvalue weighted by atomic mass is 10.1. The van der Waals surface area contributed by atoms with Gasteiger partial charge in [0.05, 0.1) is 30.6 Å². The van der Waals surface area contributed by atoms with Gasteiger partial charge >= 0.3 is 0 Å². The molecule has 170 valence electrons. The van der Waals surface area contributed by atoms with E-state index in [0.717, 1.165) is 37.0 Å². The van der Waals surface area contributed by atoms with E-state index in [9.17, 15) is 13.6 Å². The van der Waals surface area contributed by atoms with E-state index in [-0.39, 0.29) is 17.0 Å². The molecule has 0 radical (unpaired) electrons. The molecule has 3 aromatic rings. The number of morpholine rings is 1. The first kappa shape index (κ1) is 22.8. The zero-order chi connectivity index (χ0) is 22.7. The van der Waals surface area contributed by atoms with Crippen molar-refractivity contribution in [3.63, 3.8) is 0 Å². The summed E-state index contributed by atoms with van der Waals surface area (Å²) in [7, 11) is 1.47. The van der Waals surface area contributed by atoms with E-state index >= 15 is 0 Å². The standard InChI is InChI=1S/C22H22ClF2N3O3S/c1-30-18-4-3-14(23)11-16(18)21(29)28(6-2-5-27-7-9-31-10-8-27)22-26-20-17(25)12-15(24)13-19(20)32-22/h3-4,11-13H,2,5-10H2,1H3. The van der Waals surface area contributed by atoms with E-state index in [4.69, 9.17) is 21.1 Å². The van der Waals surface area contributed by atoms with Gasteiger partial charge in [-0.1, -0.05) is 22.9 Å². The number of aromatic nitrogens is 1. The normalized spacial score (nSPS) is 14.6. The number of carbonyl (C=O) groups is 1. The third kappa shape index (κ3) is 5.01. The predicted molar refractivity (Wildman–Crippen MR) is 121 cm³/mol. The molecule has 4 rings (SSSR count). The van der Waals surface area contributed by atoms with E-state index in [2.05, 4.69) is 9.88 Å². The third-order valence-electron chi connectivity index (χ3n) is 5.23. The number of fused-ring (bicyclic) bond motifs is 1. The van der Waals surface area contributed by atoms with Gasteiger partial charge in [0.1, 0.15) is 17.1 Å². The van der Waals surface area contributed by atoms with Crippen molar-refractivity contribution in [2.45, 2.75) is 6.42 Å². The number of amides is 1. The summed E-state index contributed by atoms with van der Waals surface area (Å²) in [6.45, 7) is 4.16. The number of benzene rings is 2. The fourth-order valence-electron chi connectivity index (χ4n) is 3.61. The maximum Gasteiger partial charge on any atom is 0.263 e. The van der Waals surface area contributed by atoms with Gasteiger partial charge in [-0.15, -0.1) is 0 Å². The van der Waals surface area contributed by atoms with Crippen molar-refractivity contribution in [3.8, 4) is 5.75 Å². The summed E-state index contributed by atoms with van der Waals surface area (Å²) in [5, 5.41) is 0.679. The summed E-state index contributed by atoms with van der Waals surface area (Å²) >= 11 is 7.19. The van der Waals surface area contributed by atoms with Gasteiger partial charge in [0, 0.05) is 37.3 Å². The zero-order valence-corrected chi connectivity index (χ0v) is 19.0. The summed E-state index contributed by atoms with van der Waals surface area (Å²) in [5.74, 6) is -1.45. The number of hydrogen-bond donors (Lipinski definition) is 0. The molecule has 10 heteroatoms. The Kier molecular flexibility index (Phi) is 7.20. The summed E-state index contributed by atoms with van der Waals surface area (Å²) < 4.78 is 39.0. The Balaban J connectivity index is 1.65. The molecule has 1 aliphatic rings. The SMILES string of the molecule is COc1ccc(Cl)cc1C(=O)N(CCCN1CCOCC1)c1nc2c(F)cc(F)cc2s1. The number of carbonyl (C=O) groups excluding carboxylic acids is 1. The van der Waals surface area contributed by atoms with E-state index in [1.165, 1.54) is 24.1 Å². The van der Waals surface area contributed by atoms with Crippen molar-refractivity contribution in [2.24, 2.45) is 0 Å². The average Bonchev–Trinajstić information content (AvgIpc) is 3.21. The summed E-state index contributed by atoms with van der Waals surface area (Å²) in [6, 6.07) is 6.79. The van der Waals surface area contributed by atoms with Crippen LogP contribution >= 0.6 is 22.9 Å². The molecule has 1 saturated heterocycles. The largest absolute Gasteiger partial charge is 0.496 e. The molecule has 1 aliphatic heterocycles. The van der Waals surface area contributed by atoms with Crippen LogP contribution in [0.3, 0.4) is 0 Å². The van der Waals surface area contributed by atoms with Crippen LogP contribution < -0.4 is 9.64 Å². The summed E-state index contributed by atoms with van der Waals surface area (Å²) in [5.41, 5.74) is 0.313. The van der Waals surface area contributed by atoms with Crippen LogP contribution in [0.1, 0.15) is 16.8 Å². The lowest BCUT2D eigenvalue weighted by Gasteiger charge is -2.28. The molecule has 0 saturated carbocycles. The van der Waals surface area contributed by atoms with Gasteiger partial charge in [0.25, 0.3) is 5.91 Å². The molecule has 6 nitrogen and oxygen atoms in total. The van der Waals surface area contributed by atoms with Crippen molar-refractivity contribution < 1.29 is 23.0 Å². The van der Waals surface area contributed by atoms with E-state index in [1.807, 2.05) is 0 Å². The van der Waals surface area contributed by atoms with Crippen molar-refractivity contribution in [2.75, 3.05) is 51.4 Å². The number of ether oxygens (including phenoxy) is 2. The number of anilines is 1. The summed E-state index contributed by atoms with van der Waals surface area (Å²) in [4.78, 5) is 21.6. The van der Waals surface area contributed by atoms with Crippen LogP contribution in [0.15, 0.2) is 30.3 Å². The molecule has 1 aromatic heterocycles. The summed E-state index contributed by atoms with van der Waals surface area (Å²) in [6.07, 6.45) is 0.668. The van der Waals surface area contributed by atoms with Gasteiger partial charge < -0.3 is 9.47 Å². The number of halogens is 3. The molecule has 2 aromatic carbocycles. The first-order valence-corrected chi connectivity index (χ1v) is 11.4. The Hall–Kier alpha value is -2.33. The Morgan fingerprint density at radius 2 is 2.06 bits per heavy atom. The van der Waals surface area contributed by atoms with Gasteiger partial charge in [-0.05, 0) is 30.7 Å². The smallest absolute Gasteiger partial charge is 0.263 e. The Bertz CT molecular complexity index is 1120. The Morgan fingerprint density at radius 1 is 1.28 bits per heavy atom. The average molecular weight is 482 g/mol. The lowest BCUT2D eigenvalue weighted by molar-refractivity contribution is 0.0376. The van der Waals surface area contributed by atoms with Crippen LogP contribution in [0.25, 0.3) is 10.2 Å². The Labute approximate surface area is 193 Å². The van der Waals surface area contributed by atoms with Gasteiger partial charge in [0.2, 0.25) is 0 Å². The monoisotopic (exact) mass is 481 g/mol. The fourth-order valence-corrected chi connectivity index (χ4v) is 4.82. The zero-order valence-electron chi connectivity index (χ0n) is 17.4. The molecular weight excluding hydrogens is 460 g/mol. The quantitative estimate of drug-likeness (QED) is 0.493. The molecular formula is C22H22ClF2N3O3S. The van der Waals surface area contributed by atoms with Gasteiger partial charge in [0.15, 0.2) is 10.9 Å². The van der Waals surface area contributed by atoms with Gasteiger partial charge in [-0.3, -0.25) is 14.6 Å². The minimum absolute atomic E-state index is 0.0374. The van der Waals surface area contributed by atoms with Crippen LogP contribution in [-0.4, -0.2) is 62.3 Å². The van der Waals surface area contributed by atoms with Gasteiger partial charge in [-0.25, -0.2) is 13.8 Å². The second-order valence-corrected chi connectivity index (χ2v) is 8.79. The second-order valence-electron chi connectivity index (χ2n) is 7.34. The number of nitrogens with zero attached hydrogens (tertiary/aromatic N) is 3. The minimum Gasteiger partial charge on any atom is -0.496 e. The number of methoxy groups -OCH3 is 1. The Morgan fingerprint density at radius 3 is 2.81 bits per heavy atom. The number of hydrogen-bond acceptors (Lipinski definition) is 6. The maximum atomic E-state index is 14.3. The highest BCUT2D eigenvalue weighted by molar-refractivity contribution is 7.22. The first-order valence-electron chi connectivity index (χ1n) is 10.2. The molecule has 0 N–H and O–H groups in total. The molecule has 0 aliphatic carbocycles. The van der Waals surface area contributed by atoms with Crippen LogP contribution in [0.2, 0.25) is 5.02 Å². The van der Waals surface area contributed by atoms with E-state index < -0.39 is 11.6 Å².